The first kappa shape index (κ1) is 20.6. The molecule has 7 nitrogen and oxygen atoms in total. The molecule has 1 aliphatic heterocycles. The Bertz CT molecular complexity index is 927. The third-order valence-corrected chi connectivity index (χ3v) is 5.69. The molecular formula is C22H29N5O2. The number of anilines is 3. The number of pyridine rings is 1. The van der Waals surface area contributed by atoms with Crippen molar-refractivity contribution in [3.05, 3.63) is 47.7 Å². The van der Waals surface area contributed by atoms with E-state index >= 15 is 0 Å². The van der Waals surface area contributed by atoms with Crippen LogP contribution in [0.5, 0.6) is 0 Å². The van der Waals surface area contributed by atoms with Gasteiger partial charge in [0.05, 0.1) is 17.4 Å². The third-order valence-electron chi connectivity index (χ3n) is 5.69. The van der Waals surface area contributed by atoms with Gasteiger partial charge in [-0.15, -0.1) is 0 Å². The number of benzene rings is 1. The fraction of sp³-hybridized carbons (Fsp3) is 0.409. The molecule has 0 aliphatic carbocycles. The van der Waals surface area contributed by atoms with E-state index in [0.717, 1.165) is 36.1 Å². The van der Waals surface area contributed by atoms with E-state index in [4.69, 9.17) is 5.73 Å². The molecule has 0 saturated carbocycles. The monoisotopic (exact) mass is 395 g/mol. The number of rotatable bonds is 3. The highest BCUT2D eigenvalue weighted by Gasteiger charge is 2.41. The topological polar surface area (TPSA) is 91.6 Å². The van der Waals surface area contributed by atoms with Crippen molar-refractivity contribution in [1.29, 1.82) is 0 Å². The van der Waals surface area contributed by atoms with Gasteiger partial charge in [-0.2, -0.15) is 0 Å². The molecule has 1 fully saturated rings. The van der Waals surface area contributed by atoms with Gasteiger partial charge >= 0.3 is 11.8 Å². The first-order chi connectivity index (χ1) is 13.7. The van der Waals surface area contributed by atoms with Gasteiger partial charge in [-0.3, -0.25) is 9.59 Å². The first-order valence-corrected chi connectivity index (χ1v) is 9.85. The lowest BCUT2D eigenvalue weighted by atomic mass is 9.81. The van der Waals surface area contributed by atoms with Gasteiger partial charge in [-0.05, 0) is 62.4 Å². The molecule has 2 aromatic rings. The summed E-state index contributed by atoms with van der Waals surface area (Å²) in [4.78, 5) is 33.6. The second-order valence-corrected chi connectivity index (χ2v) is 8.01. The van der Waals surface area contributed by atoms with Crippen LogP contribution in [0.15, 0.2) is 36.5 Å². The summed E-state index contributed by atoms with van der Waals surface area (Å²) in [5.74, 6) is -0.788. The van der Waals surface area contributed by atoms with Crippen LogP contribution in [0.4, 0.5) is 17.2 Å². The fourth-order valence-electron chi connectivity index (χ4n) is 3.83. The Balaban J connectivity index is 1.86. The van der Waals surface area contributed by atoms with E-state index in [-0.39, 0.29) is 0 Å². The maximum absolute atomic E-state index is 13.1. The standard InChI is InChI=1S/C22H29N5O2/c1-15-12-17(14-24-19(15)23)25-20(28)21(29)27-11-6-5-10-22(27,2)16-8-7-9-18(13-16)26(3)4/h7-9,12-14H,5-6,10-11H2,1-4H3,(H2,23,24)(H,25,28)/t22-/m0/s1. The maximum atomic E-state index is 13.1. The van der Waals surface area contributed by atoms with Gasteiger partial charge in [0.1, 0.15) is 5.82 Å². The number of piperidine rings is 1. The zero-order chi connectivity index (χ0) is 21.2. The number of aromatic nitrogens is 1. The van der Waals surface area contributed by atoms with Crippen LogP contribution in [-0.4, -0.2) is 42.3 Å². The van der Waals surface area contributed by atoms with Crippen LogP contribution in [0.2, 0.25) is 0 Å². The van der Waals surface area contributed by atoms with Crippen LogP contribution >= 0.6 is 0 Å². The van der Waals surface area contributed by atoms with Crippen molar-refractivity contribution in [3.8, 4) is 0 Å². The number of aryl methyl sites for hydroxylation is 1. The quantitative estimate of drug-likeness (QED) is 0.780. The Hall–Kier alpha value is -3.09. The smallest absolute Gasteiger partial charge is 0.313 e. The summed E-state index contributed by atoms with van der Waals surface area (Å²) in [7, 11) is 3.97. The minimum Gasteiger partial charge on any atom is -0.383 e. The molecular weight excluding hydrogens is 366 g/mol. The number of nitrogens with two attached hydrogens (primary N) is 1. The highest BCUT2D eigenvalue weighted by atomic mass is 16.2. The van der Waals surface area contributed by atoms with Crippen molar-refractivity contribution in [2.24, 2.45) is 0 Å². The largest absolute Gasteiger partial charge is 0.383 e. The summed E-state index contributed by atoms with van der Waals surface area (Å²) in [6, 6.07) is 9.87. The summed E-state index contributed by atoms with van der Waals surface area (Å²) >= 11 is 0. The van der Waals surface area contributed by atoms with Gasteiger partial charge in [0.15, 0.2) is 0 Å². The molecule has 0 bridgehead atoms. The molecule has 2 heterocycles. The summed E-state index contributed by atoms with van der Waals surface area (Å²) in [5, 5.41) is 2.67. The number of amides is 2. The second-order valence-electron chi connectivity index (χ2n) is 8.01. The van der Waals surface area contributed by atoms with Crippen LogP contribution < -0.4 is 16.0 Å². The molecule has 3 rings (SSSR count). The van der Waals surface area contributed by atoms with Gasteiger partial charge in [-0.1, -0.05) is 12.1 Å². The highest BCUT2D eigenvalue weighted by molar-refractivity contribution is 6.39. The van der Waals surface area contributed by atoms with Crippen molar-refractivity contribution >= 4 is 29.0 Å². The lowest BCUT2D eigenvalue weighted by Crippen LogP contribution is -2.53. The highest BCUT2D eigenvalue weighted by Crippen LogP contribution is 2.38. The summed E-state index contributed by atoms with van der Waals surface area (Å²) in [6.07, 6.45) is 4.16. The van der Waals surface area contributed by atoms with E-state index in [0.29, 0.717) is 18.1 Å². The van der Waals surface area contributed by atoms with E-state index in [1.165, 1.54) is 6.20 Å². The number of hydrogen-bond acceptors (Lipinski definition) is 5. The lowest BCUT2D eigenvalue weighted by Gasteiger charge is -2.45. The minimum atomic E-state index is -0.659. The molecule has 0 unspecified atom stereocenters. The van der Waals surface area contributed by atoms with Crippen molar-refractivity contribution in [2.75, 3.05) is 36.6 Å². The molecule has 1 aromatic heterocycles. The van der Waals surface area contributed by atoms with Gasteiger partial charge in [-0.25, -0.2) is 4.98 Å². The summed E-state index contributed by atoms with van der Waals surface area (Å²) in [5.41, 5.74) is 8.50. The molecule has 0 radical (unpaired) electrons. The Labute approximate surface area is 171 Å². The van der Waals surface area contributed by atoms with E-state index < -0.39 is 17.4 Å². The molecule has 1 saturated heterocycles. The SMILES string of the molecule is Cc1cc(NC(=O)C(=O)N2CCCC[C@@]2(C)c2cccc(N(C)C)c2)cnc1N. The van der Waals surface area contributed by atoms with Crippen LogP contribution in [0.1, 0.15) is 37.3 Å². The molecule has 1 atom stereocenters. The van der Waals surface area contributed by atoms with Crippen LogP contribution in [-0.2, 0) is 15.1 Å². The minimum absolute atomic E-state index is 0.402. The third kappa shape index (κ3) is 4.18. The number of nitrogens with one attached hydrogen (secondary N) is 1. The van der Waals surface area contributed by atoms with E-state index in [1.807, 2.05) is 44.1 Å². The van der Waals surface area contributed by atoms with E-state index in [2.05, 4.69) is 16.4 Å². The number of nitrogen functional groups attached to an aromatic ring is 1. The summed E-state index contributed by atoms with van der Waals surface area (Å²) in [6.45, 7) is 4.40. The van der Waals surface area contributed by atoms with Gasteiger partial charge < -0.3 is 20.9 Å². The second kappa shape index (κ2) is 8.11. The van der Waals surface area contributed by atoms with Crippen LogP contribution in [0.3, 0.4) is 0 Å². The Kier molecular flexibility index (Phi) is 5.77. The van der Waals surface area contributed by atoms with Crippen molar-refractivity contribution in [2.45, 2.75) is 38.6 Å². The normalized spacial score (nSPS) is 19.0. The Morgan fingerprint density at radius 3 is 2.69 bits per heavy atom. The predicted octanol–water partition coefficient (Wildman–Crippen LogP) is 2.90. The fourth-order valence-corrected chi connectivity index (χ4v) is 3.83. The average molecular weight is 396 g/mol. The molecule has 3 N–H and O–H groups in total. The average Bonchev–Trinajstić information content (AvgIpc) is 2.70. The maximum Gasteiger partial charge on any atom is 0.313 e. The summed E-state index contributed by atoms with van der Waals surface area (Å²) < 4.78 is 0. The Morgan fingerprint density at radius 1 is 1.24 bits per heavy atom. The van der Waals surface area contributed by atoms with Crippen molar-refractivity contribution in [1.82, 2.24) is 9.88 Å². The number of likely N-dealkylation sites (tertiary alicyclic amines) is 1. The molecule has 7 heteroatoms. The van der Waals surface area contributed by atoms with Crippen molar-refractivity contribution < 1.29 is 9.59 Å². The lowest BCUT2D eigenvalue weighted by molar-refractivity contribution is -0.149. The number of hydrogen-bond donors (Lipinski definition) is 2. The van der Waals surface area contributed by atoms with Crippen LogP contribution in [0.25, 0.3) is 0 Å². The van der Waals surface area contributed by atoms with E-state index in [1.54, 1.807) is 17.9 Å². The molecule has 1 aliphatic rings. The van der Waals surface area contributed by atoms with Crippen LogP contribution in [0, 0.1) is 6.92 Å². The number of carbonyl (C=O) groups excluding carboxylic acids is 2. The predicted molar refractivity (Wildman–Crippen MR) is 116 cm³/mol. The Morgan fingerprint density at radius 2 is 2.00 bits per heavy atom. The molecule has 1 aromatic carbocycles. The molecule has 154 valence electrons. The first-order valence-electron chi connectivity index (χ1n) is 9.85. The molecule has 2 amide bonds. The van der Waals surface area contributed by atoms with E-state index in [9.17, 15) is 9.59 Å². The van der Waals surface area contributed by atoms with Crippen molar-refractivity contribution in [3.63, 3.8) is 0 Å². The number of nitrogens with zero attached hydrogens (tertiary/aromatic N) is 3. The molecule has 29 heavy (non-hydrogen) atoms. The zero-order valence-electron chi connectivity index (χ0n) is 17.5. The molecule has 0 spiro atoms. The number of carbonyl (C=O) groups is 2. The van der Waals surface area contributed by atoms with Gasteiger partial charge in [0.25, 0.3) is 0 Å². The van der Waals surface area contributed by atoms with Gasteiger partial charge in [0.2, 0.25) is 0 Å². The van der Waals surface area contributed by atoms with Gasteiger partial charge in [0, 0.05) is 26.3 Å². The zero-order valence-corrected chi connectivity index (χ0v) is 17.5.